The number of allylic oxidation sites excluding steroid dienone is 5. The second-order valence-corrected chi connectivity index (χ2v) is 14.0. The molecule has 3 unspecified atom stereocenters. The zero-order valence-corrected chi connectivity index (χ0v) is 24.4. The SMILES string of the molecule is C=C1/C(=C\C=C2/CCC[C@@]3(C)C2CCC3[C@@](C)(C/C=C/C(C)(O)CF)CCCC(C)(C)O)C[C@@H](O)C[C@@H]1F. The van der Waals surface area contributed by atoms with Crippen LogP contribution in [0.5, 0.6) is 0 Å². The standard InChI is InChI=1S/C33H52F2O3/c1-23-25(20-26(36)21-28(23)35)12-11-24-10-7-19-33(6)27(24)13-14-29(33)31(4,16-8-15-30(2,3)37)17-9-18-32(5,38)22-34/h9,11-12,18,26-29,36-38H,1,7-8,10,13-17,19-22H2,2-6H3/b18-9+,24-11+,25-12-/t26-,27?,28+,29?,31-,32?,33+/m1/s1. The van der Waals surface area contributed by atoms with Crippen LogP contribution in [0.3, 0.4) is 0 Å². The molecule has 0 aromatic rings. The maximum Gasteiger partial charge on any atom is 0.127 e. The number of hydrogen-bond acceptors (Lipinski definition) is 3. The average molecular weight is 535 g/mol. The quantitative estimate of drug-likeness (QED) is 0.252. The van der Waals surface area contributed by atoms with Crippen molar-refractivity contribution in [3.8, 4) is 0 Å². The maximum atomic E-state index is 14.3. The molecule has 0 aromatic heterocycles. The van der Waals surface area contributed by atoms with Gasteiger partial charge in [0.25, 0.3) is 0 Å². The number of alkyl halides is 2. The first-order chi connectivity index (χ1) is 17.6. The van der Waals surface area contributed by atoms with Crippen LogP contribution in [0.2, 0.25) is 0 Å². The molecule has 3 N–H and O–H groups in total. The van der Waals surface area contributed by atoms with E-state index >= 15 is 0 Å². The second-order valence-electron chi connectivity index (χ2n) is 14.0. The molecule has 0 aromatic carbocycles. The summed E-state index contributed by atoms with van der Waals surface area (Å²) in [4.78, 5) is 0. The van der Waals surface area contributed by atoms with E-state index < -0.39 is 30.2 Å². The van der Waals surface area contributed by atoms with Gasteiger partial charge in [-0.05, 0) is 112 Å². The van der Waals surface area contributed by atoms with Gasteiger partial charge in [-0.1, -0.05) is 56.7 Å². The van der Waals surface area contributed by atoms with E-state index in [9.17, 15) is 24.1 Å². The van der Waals surface area contributed by atoms with Crippen molar-refractivity contribution < 1.29 is 24.1 Å². The molecule has 0 bridgehead atoms. The van der Waals surface area contributed by atoms with Crippen molar-refractivity contribution >= 4 is 0 Å². The van der Waals surface area contributed by atoms with Crippen molar-refractivity contribution in [2.75, 3.05) is 6.67 Å². The Morgan fingerprint density at radius 1 is 1.11 bits per heavy atom. The molecule has 3 saturated carbocycles. The molecule has 0 heterocycles. The van der Waals surface area contributed by atoms with Crippen LogP contribution in [0.4, 0.5) is 8.78 Å². The Kier molecular flexibility index (Phi) is 9.91. The minimum atomic E-state index is -1.44. The molecule has 3 nitrogen and oxygen atoms in total. The van der Waals surface area contributed by atoms with Gasteiger partial charge < -0.3 is 15.3 Å². The molecule has 3 rings (SSSR count). The van der Waals surface area contributed by atoms with Gasteiger partial charge in [-0.25, -0.2) is 8.78 Å². The highest BCUT2D eigenvalue weighted by atomic mass is 19.1. The lowest BCUT2D eigenvalue weighted by atomic mass is 9.55. The van der Waals surface area contributed by atoms with Crippen molar-refractivity contribution in [2.24, 2.45) is 22.7 Å². The highest BCUT2D eigenvalue weighted by Crippen LogP contribution is 2.63. The zero-order chi connectivity index (χ0) is 28.4. The highest BCUT2D eigenvalue weighted by Gasteiger charge is 2.54. The topological polar surface area (TPSA) is 60.7 Å². The van der Waals surface area contributed by atoms with Gasteiger partial charge in [0, 0.05) is 6.42 Å². The van der Waals surface area contributed by atoms with E-state index in [0.717, 1.165) is 63.4 Å². The maximum absolute atomic E-state index is 14.3. The third-order valence-electron chi connectivity index (χ3n) is 9.90. The number of halogens is 2. The van der Waals surface area contributed by atoms with Gasteiger partial charge >= 0.3 is 0 Å². The fourth-order valence-corrected chi connectivity index (χ4v) is 7.79. The zero-order valence-electron chi connectivity index (χ0n) is 24.4. The second kappa shape index (κ2) is 12.1. The molecule has 38 heavy (non-hydrogen) atoms. The first-order valence-electron chi connectivity index (χ1n) is 14.7. The molecule has 0 spiro atoms. The minimum Gasteiger partial charge on any atom is -0.393 e. The van der Waals surface area contributed by atoms with Gasteiger partial charge in [-0.15, -0.1) is 0 Å². The number of rotatable bonds is 10. The van der Waals surface area contributed by atoms with Gasteiger partial charge in [-0.3, -0.25) is 0 Å². The summed E-state index contributed by atoms with van der Waals surface area (Å²) in [6.07, 6.45) is 15.4. The molecule has 7 atom stereocenters. The summed E-state index contributed by atoms with van der Waals surface area (Å²) >= 11 is 0. The third kappa shape index (κ3) is 7.46. The van der Waals surface area contributed by atoms with Gasteiger partial charge in [-0.2, -0.15) is 0 Å². The van der Waals surface area contributed by atoms with E-state index in [4.69, 9.17) is 0 Å². The van der Waals surface area contributed by atoms with Crippen LogP contribution in [-0.4, -0.2) is 45.5 Å². The molecule has 5 heteroatoms. The van der Waals surface area contributed by atoms with Crippen LogP contribution in [0, 0.1) is 22.7 Å². The van der Waals surface area contributed by atoms with Crippen LogP contribution < -0.4 is 0 Å². The van der Waals surface area contributed by atoms with Gasteiger partial charge in [0.15, 0.2) is 0 Å². The summed E-state index contributed by atoms with van der Waals surface area (Å²) in [6, 6.07) is 0. The van der Waals surface area contributed by atoms with Crippen LogP contribution in [0.1, 0.15) is 105 Å². The smallest absolute Gasteiger partial charge is 0.127 e. The summed E-state index contributed by atoms with van der Waals surface area (Å²) in [5.74, 6) is 0.910. The van der Waals surface area contributed by atoms with Crippen molar-refractivity contribution in [1.82, 2.24) is 0 Å². The molecule has 0 saturated heterocycles. The highest BCUT2D eigenvalue weighted by molar-refractivity contribution is 5.39. The molecule has 0 radical (unpaired) electrons. The van der Waals surface area contributed by atoms with E-state index in [0.29, 0.717) is 23.8 Å². The van der Waals surface area contributed by atoms with Gasteiger partial charge in [0.05, 0.1) is 11.7 Å². The van der Waals surface area contributed by atoms with Crippen LogP contribution in [-0.2, 0) is 0 Å². The van der Waals surface area contributed by atoms with Crippen LogP contribution in [0.15, 0.2) is 47.6 Å². The number of hydrogen-bond donors (Lipinski definition) is 3. The Labute approximate surface area is 229 Å². The fraction of sp³-hybridized carbons (Fsp3) is 0.758. The third-order valence-corrected chi connectivity index (χ3v) is 9.90. The molecule has 0 aliphatic heterocycles. The Balaban J connectivity index is 1.86. The van der Waals surface area contributed by atoms with Gasteiger partial charge in [0.1, 0.15) is 18.4 Å². The Morgan fingerprint density at radius 2 is 1.82 bits per heavy atom. The molecule has 216 valence electrons. The first kappa shape index (κ1) is 31.2. The normalized spacial score (nSPS) is 36.0. The van der Waals surface area contributed by atoms with Crippen molar-refractivity contribution in [2.45, 2.75) is 129 Å². The Morgan fingerprint density at radius 3 is 2.47 bits per heavy atom. The molecular weight excluding hydrogens is 482 g/mol. The number of aliphatic hydroxyl groups is 3. The number of fused-ring (bicyclic) bond motifs is 1. The number of aliphatic hydroxyl groups excluding tert-OH is 1. The molecular formula is C33H52F2O3. The largest absolute Gasteiger partial charge is 0.393 e. The predicted molar refractivity (Wildman–Crippen MR) is 152 cm³/mol. The monoisotopic (exact) mass is 534 g/mol. The van der Waals surface area contributed by atoms with Crippen molar-refractivity contribution in [3.05, 3.63) is 47.6 Å². The summed E-state index contributed by atoms with van der Waals surface area (Å²) in [6.45, 7) is 13.1. The first-order valence-corrected chi connectivity index (χ1v) is 14.7. The average Bonchev–Trinajstić information content (AvgIpc) is 3.17. The van der Waals surface area contributed by atoms with Crippen LogP contribution in [0.25, 0.3) is 0 Å². The van der Waals surface area contributed by atoms with E-state index in [1.54, 1.807) is 6.08 Å². The van der Waals surface area contributed by atoms with E-state index in [1.165, 1.54) is 12.5 Å². The van der Waals surface area contributed by atoms with E-state index in [-0.39, 0.29) is 17.3 Å². The minimum absolute atomic E-state index is 0.0399. The van der Waals surface area contributed by atoms with Gasteiger partial charge in [0.2, 0.25) is 0 Å². The summed E-state index contributed by atoms with van der Waals surface area (Å²) < 4.78 is 27.5. The van der Waals surface area contributed by atoms with Crippen LogP contribution >= 0.6 is 0 Å². The Bertz CT molecular complexity index is 927. The van der Waals surface area contributed by atoms with E-state index in [1.807, 2.05) is 26.0 Å². The fourth-order valence-electron chi connectivity index (χ4n) is 7.79. The lowest BCUT2D eigenvalue weighted by Gasteiger charge is -2.49. The summed E-state index contributed by atoms with van der Waals surface area (Å²) in [7, 11) is 0. The van der Waals surface area contributed by atoms with Crippen molar-refractivity contribution in [1.29, 1.82) is 0 Å². The van der Waals surface area contributed by atoms with Crippen molar-refractivity contribution in [3.63, 3.8) is 0 Å². The van der Waals surface area contributed by atoms with E-state index in [2.05, 4.69) is 26.5 Å². The lowest BCUT2D eigenvalue weighted by Crippen LogP contribution is -2.41. The molecule has 0 amide bonds. The summed E-state index contributed by atoms with van der Waals surface area (Å²) in [5, 5.41) is 30.6. The molecule has 3 fully saturated rings. The summed E-state index contributed by atoms with van der Waals surface area (Å²) in [5.41, 5.74) is 0.680. The lowest BCUT2D eigenvalue weighted by molar-refractivity contribution is 0.0190. The predicted octanol–water partition coefficient (Wildman–Crippen LogP) is 7.72. The Hall–Kier alpha value is -1.30. The molecule has 3 aliphatic rings. The molecule has 3 aliphatic carbocycles.